The second-order valence-corrected chi connectivity index (χ2v) is 1.43. The number of nitrogens with one attached hydrogen (secondary N) is 2. The number of hydrogen-bond donors (Lipinski definition) is 2. The van der Waals surface area contributed by atoms with E-state index in [4.69, 9.17) is 0 Å². The molecule has 6 heavy (non-hydrogen) atoms. The quantitative estimate of drug-likeness (QED) is 0.354. The molecule has 2 radical (unpaired) electrons. The summed E-state index contributed by atoms with van der Waals surface area (Å²) in [5.74, 6) is -0.0561. The Kier molecular flexibility index (Phi) is 3.30. The molecule has 32 valence electrons. The fourth-order valence-electron chi connectivity index (χ4n) is 0.102. The first-order valence-corrected chi connectivity index (χ1v) is 2.70. The third kappa shape index (κ3) is 4.07. The predicted octanol–water partition coefficient (Wildman–Crippen LogP) is -1.29. The minimum atomic E-state index is -0.0561. The van der Waals surface area contributed by atoms with Gasteiger partial charge in [0, 0.05) is 0 Å². The van der Waals surface area contributed by atoms with Crippen LogP contribution in [-0.4, -0.2) is 24.7 Å². The molecular weight excluding hydrogens is 138 g/mol. The second-order valence-electron chi connectivity index (χ2n) is 0.826. The minimum absolute atomic E-state index is 0.0561. The van der Waals surface area contributed by atoms with Gasteiger partial charge in [0.2, 0.25) is 0 Å². The van der Waals surface area contributed by atoms with E-state index in [1.54, 1.807) is 0 Å². The maximum absolute atomic E-state index is 9.88. The van der Waals surface area contributed by atoms with E-state index in [2.05, 4.69) is 9.56 Å². The predicted molar refractivity (Wildman–Crippen MR) is 22.7 cm³/mol. The first-order valence-electron chi connectivity index (χ1n) is 1.49. The topological polar surface area (TPSA) is 41.1 Å². The summed E-state index contributed by atoms with van der Waals surface area (Å²) in [7, 11) is 0. The van der Waals surface area contributed by atoms with Crippen molar-refractivity contribution in [1.82, 2.24) is 9.56 Å². The molecule has 0 spiro atoms. The van der Waals surface area contributed by atoms with Crippen LogP contribution in [0.3, 0.4) is 0 Å². The van der Waals surface area contributed by atoms with Gasteiger partial charge in [-0.15, -0.1) is 0 Å². The van der Waals surface area contributed by atoms with Crippen molar-refractivity contribution in [2.45, 2.75) is 6.92 Å². The molecule has 0 aliphatic rings. The third-order valence-corrected chi connectivity index (χ3v) is 0.551. The van der Waals surface area contributed by atoms with Gasteiger partial charge in [0.15, 0.2) is 0 Å². The van der Waals surface area contributed by atoms with Crippen LogP contribution in [0.4, 0.5) is 0 Å². The summed E-state index contributed by atoms with van der Waals surface area (Å²) < 4.78 is 2.53. The van der Waals surface area contributed by atoms with E-state index in [0.29, 0.717) is 0 Å². The summed E-state index contributed by atoms with van der Waals surface area (Å²) in [6, 6.07) is 0. The van der Waals surface area contributed by atoms with Crippen molar-refractivity contribution >= 4 is 24.7 Å². The number of carbonyl (C=O) groups is 1. The second kappa shape index (κ2) is 3.26. The van der Waals surface area contributed by atoms with Crippen LogP contribution in [0.5, 0.6) is 0 Å². The van der Waals surface area contributed by atoms with Crippen molar-refractivity contribution in [2.24, 2.45) is 0 Å². The van der Waals surface area contributed by atoms with E-state index in [1.807, 2.05) is 0 Å². The molecule has 0 atom stereocenters. The van der Waals surface area contributed by atoms with Gasteiger partial charge in [-0.3, -0.25) is 0 Å². The van der Waals surface area contributed by atoms with Crippen LogP contribution in [0.1, 0.15) is 6.92 Å². The monoisotopic (exact) mass is 142 g/mol. The SMILES string of the molecule is CC(=O)N[NH][Ga]. The summed E-state index contributed by atoms with van der Waals surface area (Å²) in [5, 5.41) is 0. The fourth-order valence-corrected chi connectivity index (χ4v) is 0.528. The zero-order chi connectivity index (χ0) is 4.99. The van der Waals surface area contributed by atoms with Crippen molar-refractivity contribution in [3.8, 4) is 0 Å². The van der Waals surface area contributed by atoms with Crippen LogP contribution < -0.4 is 9.56 Å². The molecule has 0 rings (SSSR count). The molecule has 2 N–H and O–H groups in total. The first kappa shape index (κ1) is 6.07. The van der Waals surface area contributed by atoms with Crippen LogP contribution in [0, 0.1) is 0 Å². The molecule has 0 saturated carbocycles. The normalized spacial score (nSPS) is 7.50. The van der Waals surface area contributed by atoms with Gasteiger partial charge >= 0.3 is 46.0 Å². The van der Waals surface area contributed by atoms with Crippen LogP contribution in [0.25, 0.3) is 0 Å². The van der Waals surface area contributed by atoms with Crippen LogP contribution >= 0.6 is 0 Å². The Balaban J connectivity index is 2.83. The number of amides is 1. The maximum atomic E-state index is 9.88. The zero-order valence-corrected chi connectivity index (χ0v) is 5.91. The molecule has 0 aromatic carbocycles. The van der Waals surface area contributed by atoms with E-state index in [1.165, 1.54) is 25.8 Å². The number of carbonyl (C=O) groups excluding carboxylic acids is 1. The van der Waals surface area contributed by atoms with Gasteiger partial charge < -0.3 is 0 Å². The van der Waals surface area contributed by atoms with Crippen LogP contribution in [0.2, 0.25) is 0 Å². The summed E-state index contributed by atoms with van der Waals surface area (Å²) >= 11 is 1.26. The Hall–Kier alpha value is 0.0664. The van der Waals surface area contributed by atoms with Crippen molar-refractivity contribution in [1.29, 1.82) is 0 Å². The summed E-state index contributed by atoms with van der Waals surface area (Å²) in [4.78, 5) is 9.88. The van der Waals surface area contributed by atoms with E-state index in [9.17, 15) is 4.79 Å². The van der Waals surface area contributed by atoms with Gasteiger partial charge in [-0.05, 0) is 0 Å². The van der Waals surface area contributed by atoms with Gasteiger partial charge in [0.25, 0.3) is 0 Å². The Labute approximate surface area is 46.6 Å². The van der Waals surface area contributed by atoms with Crippen molar-refractivity contribution in [3.63, 3.8) is 0 Å². The fraction of sp³-hybridized carbons (Fsp3) is 0.500. The first-order chi connectivity index (χ1) is 2.77. The molecule has 0 aliphatic heterocycles. The molecule has 0 bridgehead atoms. The molecule has 0 aliphatic carbocycles. The molecule has 0 aromatic rings. The van der Waals surface area contributed by atoms with E-state index in [-0.39, 0.29) is 5.91 Å². The summed E-state index contributed by atoms with van der Waals surface area (Å²) in [6.07, 6.45) is 0. The molecular formula is C2H5GaN2O. The standard InChI is InChI=1S/C2H5N2O.Ga/c1-2(5)4-3;/h3H,1H3,(H,4,5);/q-1;+1. The van der Waals surface area contributed by atoms with Gasteiger partial charge in [0.05, 0.1) is 0 Å². The summed E-state index contributed by atoms with van der Waals surface area (Å²) in [6.45, 7) is 1.45. The number of hydrazine groups is 1. The van der Waals surface area contributed by atoms with Crippen molar-refractivity contribution < 1.29 is 4.79 Å². The zero-order valence-electron chi connectivity index (χ0n) is 3.49. The van der Waals surface area contributed by atoms with E-state index in [0.717, 1.165) is 0 Å². The number of rotatable bonds is 1. The summed E-state index contributed by atoms with van der Waals surface area (Å²) in [5.41, 5.74) is 2.35. The molecule has 0 unspecified atom stereocenters. The Bertz CT molecular complexity index is 55.5. The van der Waals surface area contributed by atoms with Gasteiger partial charge in [-0.25, -0.2) is 0 Å². The average Bonchev–Trinajstić information content (AvgIpc) is 1.35. The molecule has 0 heterocycles. The van der Waals surface area contributed by atoms with Crippen LogP contribution in [-0.2, 0) is 4.79 Å². The van der Waals surface area contributed by atoms with E-state index < -0.39 is 0 Å². The van der Waals surface area contributed by atoms with Gasteiger partial charge in [0.1, 0.15) is 0 Å². The van der Waals surface area contributed by atoms with E-state index >= 15 is 0 Å². The van der Waals surface area contributed by atoms with Crippen molar-refractivity contribution in [3.05, 3.63) is 0 Å². The third-order valence-electron chi connectivity index (χ3n) is 0.248. The Morgan fingerprint density at radius 3 is 2.33 bits per heavy atom. The molecule has 3 nitrogen and oxygen atoms in total. The van der Waals surface area contributed by atoms with Crippen LogP contribution in [0.15, 0.2) is 0 Å². The van der Waals surface area contributed by atoms with Crippen molar-refractivity contribution in [2.75, 3.05) is 0 Å². The molecule has 1 amide bonds. The van der Waals surface area contributed by atoms with Gasteiger partial charge in [-0.2, -0.15) is 0 Å². The number of hydrogen-bond acceptors (Lipinski definition) is 2. The Morgan fingerprint density at radius 2 is 2.33 bits per heavy atom. The molecule has 0 fully saturated rings. The Morgan fingerprint density at radius 1 is 1.83 bits per heavy atom. The van der Waals surface area contributed by atoms with Gasteiger partial charge in [-0.1, -0.05) is 0 Å². The molecule has 0 aromatic heterocycles. The average molecular weight is 143 g/mol. The molecule has 0 saturated heterocycles. The molecule has 4 heteroatoms.